The summed E-state index contributed by atoms with van der Waals surface area (Å²) in [5, 5.41) is 3.42. The van der Waals surface area contributed by atoms with Gasteiger partial charge in [-0.25, -0.2) is 0 Å². The Morgan fingerprint density at radius 2 is 1.95 bits per heavy atom. The first-order valence-electron chi connectivity index (χ1n) is 7.04. The summed E-state index contributed by atoms with van der Waals surface area (Å²) in [6.07, 6.45) is 1.16. The van der Waals surface area contributed by atoms with E-state index in [9.17, 15) is 0 Å². The first-order chi connectivity index (χ1) is 10.2. The van der Waals surface area contributed by atoms with Gasteiger partial charge in [-0.15, -0.1) is 0 Å². The minimum atomic E-state index is 0.906. The molecule has 4 heteroatoms. The van der Waals surface area contributed by atoms with Crippen LogP contribution in [0.3, 0.4) is 0 Å². The Labute approximate surface area is 139 Å². The summed E-state index contributed by atoms with van der Waals surface area (Å²) in [7, 11) is 1.71. The third-order valence-corrected chi connectivity index (χ3v) is 5.09. The number of halogens is 1. The average molecular weight is 366 g/mol. The van der Waals surface area contributed by atoms with Crippen molar-refractivity contribution in [3.8, 4) is 5.75 Å². The number of rotatable bonds is 7. The van der Waals surface area contributed by atoms with Crippen molar-refractivity contribution in [3.63, 3.8) is 0 Å². The predicted octanol–water partition coefficient (Wildman–Crippen LogP) is 5.11. The average Bonchev–Trinajstić information content (AvgIpc) is 2.50. The molecule has 0 bridgehead atoms. The van der Waals surface area contributed by atoms with Crippen molar-refractivity contribution in [3.05, 3.63) is 52.5 Å². The van der Waals surface area contributed by atoms with E-state index in [1.165, 1.54) is 10.5 Å². The van der Waals surface area contributed by atoms with Crippen LogP contribution in [0.5, 0.6) is 5.75 Å². The van der Waals surface area contributed by atoms with Crippen molar-refractivity contribution < 1.29 is 4.74 Å². The molecule has 0 aliphatic heterocycles. The third kappa shape index (κ3) is 4.77. The molecule has 112 valence electrons. The molecule has 0 saturated carbocycles. The van der Waals surface area contributed by atoms with E-state index in [-0.39, 0.29) is 0 Å². The molecule has 2 aromatic rings. The molecular weight excluding hydrogens is 346 g/mol. The van der Waals surface area contributed by atoms with Crippen LogP contribution in [0.1, 0.15) is 18.9 Å². The number of methoxy groups -OCH3 is 1. The van der Waals surface area contributed by atoms with Gasteiger partial charge < -0.3 is 10.1 Å². The van der Waals surface area contributed by atoms with E-state index in [0.717, 1.165) is 34.6 Å². The lowest BCUT2D eigenvalue weighted by Crippen LogP contribution is -2.13. The van der Waals surface area contributed by atoms with Crippen molar-refractivity contribution in [2.75, 3.05) is 13.7 Å². The molecule has 0 aliphatic carbocycles. The molecule has 0 atom stereocenters. The molecule has 0 amide bonds. The lowest BCUT2D eigenvalue weighted by Gasteiger charge is -2.10. The summed E-state index contributed by atoms with van der Waals surface area (Å²) in [4.78, 5) is 2.32. The molecule has 2 rings (SSSR count). The molecule has 0 radical (unpaired) electrons. The zero-order chi connectivity index (χ0) is 15.1. The predicted molar refractivity (Wildman–Crippen MR) is 93.3 cm³/mol. The number of para-hydroxylation sites is 1. The maximum absolute atomic E-state index is 5.40. The summed E-state index contributed by atoms with van der Waals surface area (Å²) < 4.78 is 6.52. The van der Waals surface area contributed by atoms with Gasteiger partial charge in [0.15, 0.2) is 0 Å². The first-order valence-corrected chi connectivity index (χ1v) is 8.65. The minimum Gasteiger partial charge on any atom is -0.496 e. The first kappa shape index (κ1) is 16.4. The highest BCUT2D eigenvalue weighted by atomic mass is 79.9. The van der Waals surface area contributed by atoms with Gasteiger partial charge in [-0.2, -0.15) is 0 Å². The molecule has 0 spiro atoms. The van der Waals surface area contributed by atoms with E-state index in [4.69, 9.17) is 4.74 Å². The van der Waals surface area contributed by atoms with Crippen molar-refractivity contribution in [2.45, 2.75) is 29.7 Å². The minimum absolute atomic E-state index is 0.906. The highest BCUT2D eigenvalue weighted by Crippen LogP contribution is 2.38. The normalized spacial score (nSPS) is 10.6. The number of hydrogen-bond donors (Lipinski definition) is 1. The standard InChI is InChI=1S/C17H20BrNOS/c1-3-10-19-12-13-8-9-16(14(18)11-13)21-17-7-5-4-6-15(17)20-2/h4-9,11,19H,3,10,12H2,1-2H3. The summed E-state index contributed by atoms with van der Waals surface area (Å²) in [5.74, 6) is 0.906. The van der Waals surface area contributed by atoms with Crippen LogP contribution in [0.15, 0.2) is 56.7 Å². The molecule has 0 aromatic heterocycles. The molecule has 0 saturated heterocycles. The summed E-state index contributed by atoms with van der Waals surface area (Å²) >= 11 is 5.38. The van der Waals surface area contributed by atoms with Gasteiger partial charge in [-0.05, 0) is 58.7 Å². The Bertz CT molecular complexity index is 589. The van der Waals surface area contributed by atoms with E-state index < -0.39 is 0 Å². The topological polar surface area (TPSA) is 21.3 Å². The zero-order valence-electron chi connectivity index (χ0n) is 12.4. The Morgan fingerprint density at radius 1 is 1.14 bits per heavy atom. The number of benzene rings is 2. The van der Waals surface area contributed by atoms with E-state index in [1.54, 1.807) is 18.9 Å². The molecule has 2 aromatic carbocycles. The van der Waals surface area contributed by atoms with Crippen molar-refractivity contribution >= 4 is 27.7 Å². The highest BCUT2D eigenvalue weighted by molar-refractivity contribution is 9.10. The SMILES string of the molecule is CCCNCc1ccc(Sc2ccccc2OC)c(Br)c1. The molecule has 0 aliphatic rings. The molecule has 0 heterocycles. The fourth-order valence-corrected chi connectivity index (χ4v) is 3.57. The van der Waals surface area contributed by atoms with Gasteiger partial charge in [-0.3, -0.25) is 0 Å². The summed E-state index contributed by atoms with van der Waals surface area (Å²) in [5.41, 5.74) is 1.29. The second-order valence-electron chi connectivity index (χ2n) is 4.69. The highest BCUT2D eigenvalue weighted by Gasteiger charge is 2.07. The van der Waals surface area contributed by atoms with E-state index in [1.807, 2.05) is 18.2 Å². The number of hydrogen-bond acceptors (Lipinski definition) is 3. The van der Waals surface area contributed by atoms with Crippen molar-refractivity contribution in [1.82, 2.24) is 5.32 Å². The van der Waals surface area contributed by atoms with Crippen LogP contribution >= 0.6 is 27.7 Å². The van der Waals surface area contributed by atoms with Crippen LogP contribution in [0.4, 0.5) is 0 Å². The van der Waals surface area contributed by atoms with Gasteiger partial charge in [0, 0.05) is 15.9 Å². The molecule has 21 heavy (non-hydrogen) atoms. The Morgan fingerprint density at radius 3 is 2.67 bits per heavy atom. The van der Waals surface area contributed by atoms with Gasteiger partial charge in [-0.1, -0.05) is 36.9 Å². The molecule has 0 fully saturated rings. The Balaban J connectivity index is 2.10. The van der Waals surface area contributed by atoms with Crippen molar-refractivity contribution in [2.24, 2.45) is 0 Å². The third-order valence-electron chi connectivity index (χ3n) is 3.04. The molecule has 2 nitrogen and oxygen atoms in total. The Hall–Kier alpha value is -0.970. The fraction of sp³-hybridized carbons (Fsp3) is 0.294. The monoisotopic (exact) mass is 365 g/mol. The van der Waals surface area contributed by atoms with Crippen LogP contribution < -0.4 is 10.1 Å². The molecule has 0 unspecified atom stereocenters. The van der Waals surface area contributed by atoms with Gasteiger partial charge in [0.1, 0.15) is 5.75 Å². The maximum atomic E-state index is 5.40. The Kier molecular flexibility index (Phi) is 6.61. The van der Waals surface area contributed by atoms with Crippen LogP contribution in [0.25, 0.3) is 0 Å². The van der Waals surface area contributed by atoms with E-state index >= 15 is 0 Å². The largest absolute Gasteiger partial charge is 0.496 e. The van der Waals surface area contributed by atoms with Crippen LogP contribution in [-0.4, -0.2) is 13.7 Å². The quantitative estimate of drug-likeness (QED) is 0.688. The smallest absolute Gasteiger partial charge is 0.132 e. The zero-order valence-corrected chi connectivity index (χ0v) is 14.8. The van der Waals surface area contributed by atoms with Gasteiger partial charge >= 0.3 is 0 Å². The fourth-order valence-electron chi connectivity index (χ4n) is 1.97. The van der Waals surface area contributed by atoms with Gasteiger partial charge in [0.2, 0.25) is 0 Å². The summed E-state index contributed by atoms with van der Waals surface area (Å²) in [6.45, 7) is 4.14. The van der Waals surface area contributed by atoms with Gasteiger partial charge in [0.25, 0.3) is 0 Å². The number of ether oxygens (including phenoxy) is 1. The van der Waals surface area contributed by atoms with E-state index in [2.05, 4.69) is 52.4 Å². The summed E-state index contributed by atoms with van der Waals surface area (Å²) in [6, 6.07) is 14.6. The van der Waals surface area contributed by atoms with Crippen LogP contribution in [-0.2, 0) is 6.54 Å². The second-order valence-corrected chi connectivity index (χ2v) is 6.63. The maximum Gasteiger partial charge on any atom is 0.132 e. The van der Waals surface area contributed by atoms with Crippen molar-refractivity contribution in [1.29, 1.82) is 0 Å². The second kappa shape index (κ2) is 8.47. The van der Waals surface area contributed by atoms with Gasteiger partial charge in [0.05, 0.1) is 12.0 Å². The lowest BCUT2D eigenvalue weighted by atomic mass is 10.2. The van der Waals surface area contributed by atoms with E-state index in [0.29, 0.717) is 0 Å². The van der Waals surface area contributed by atoms with Crippen LogP contribution in [0, 0.1) is 0 Å². The van der Waals surface area contributed by atoms with Crippen LogP contribution in [0.2, 0.25) is 0 Å². The number of nitrogens with one attached hydrogen (secondary N) is 1. The molecular formula is C17H20BrNOS. The lowest BCUT2D eigenvalue weighted by molar-refractivity contribution is 0.405. The molecule has 1 N–H and O–H groups in total.